The van der Waals surface area contributed by atoms with Crippen molar-refractivity contribution in [3.05, 3.63) is 22.7 Å². The van der Waals surface area contributed by atoms with E-state index in [0.29, 0.717) is 25.5 Å². The minimum atomic E-state index is 0.545. The van der Waals surface area contributed by atoms with Crippen molar-refractivity contribution < 1.29 is 9.47 Å². The molecule has 0 aromatic heterocycles. The van der Waals surface area contributed by atoms with Crippen LogP contribution in [-0.2, 0) is 4.74 Å². The summed E-state index contributed by atoms with van der Waals surface area (Å²) >= 11 is 3.34. The third-order valence-electron chi connectivity index (χ3n) is 1.59. The van der Waals surface area contributed by atoms with Crippen LogP contribution in [0.5, 0.6) is 5.75 Å². The third kappa shape index (κ3) is 3.98. The first-order chi connectivity index (χ1) is 6.72. The van der Waals surface area contributed by atoms with E-state index >= 15 is 0 Å². The minimum absolute atomic E-state index is 0.545. The molecule has 0 atom stereocenters. The molecule has 0 aliphatic carbocycles. The van der Waals surface area contributed by atoms with Gasteiger partial charge in [-0.3, -0.25) is 0 Å². The Morgan fingerprint density at radius 1 is 1.29 bits per heavy atom. The number of benzene rings is 1. The van der Waals surface area contributed by atoms with Gasteiger partial charge in [0.15, 0.2) is 0 Å². The van der Waals surface area contributed by atoms with E-state index in [0.717, 1.165) is 10.2 Å². The number of anilines is 1. The van der Waals surface area contributed by atoms with Crippen LogP contribution in [0.4, 0.5) is 5.69 Å². The van der Waals surface area contributed by atoms with Gasteiger partial charge in [-0.05, 0) is 19.1 Å². The van der Waals surface area contributed by atoms with Crippen molar-refractivity contribution in [3.63, 3.8) is 0 Å². The molecule has 14 heavy (non-hydrogen) atoms. The van der Waals surface area contributed by atoms with Gasteiger partial charge in [-0.1, -0.05) is 15.9 Å². The van der Waals surface area contributed by atoms with Gasteiger partial charge in [-0.15, -0.1) is 0 Å². The van der Waals surface area contributed by atoms with E-state index in [1.54, 1.807) is 6.07 Å². The van der Waals surface area contributed by atoms with Crippen LogP contribution >= 0.6 is 15.9 Å². The molecule has 0 saturated heterocycles. The van der Waals surface area contributed by atoms with Crippen LogP contribution in [0.3, 0.4) is 0 Å². The van der Waals surface area contributed by atoms with Crippen molar-refractivity contribution in [2.75, 3.05) is 25.6 Å². The Morgan fingerprint density at radius 3 is 2.71 bits per heavy atom. The number of nitrogen functional groups attached to an aromatic ring is 1. The molecule has 0 radical (unpaired) electrons. The lowest BCUT2D eigenvalue weighted by atomic mass is 10.3. The molecule has 0 aliphatic heterocycles. The Kier molecular flexibility index (Phi) is 4.76. The standard InChI is InChI=1S/C10H14BrNO2/c1-2-13-3-4-14-10-6-8(11)5-9(12)7-10/h5-7H,2-4,12H2,1H3. The maximum Gasteiger partial charge on any atom is 0.122 e. The molecule has 2 N–H and O–H groups in total. The summed E-state index contributed by atoms with van der Waals surface area (Å²) in [6.45, 7) is 3.81. The highest BCUT2D eigenvalue weighted by molar-refractivity contribution is 9.10. The van der Waals surface area contributed by atoms with Gasteiger partial charge in [0.25, 0.3) is 0 Å². The average Bonchev–Trinajstić information content (AvgIpc) is 2.11. The largest absolute Gasteiger partial charge is 0.491 e. The second-order valence-corrected chi connectivity index (χ2v) is 3.68. The second kappa shape index (κ2) is 5.88. The van der Waals surface area contributed by atoms with Crippen molar-refractivity contribution in [2.45, 2.75) is 6.92 Å². The minimum Gasteiger partial charge on any atom is -0.491 e. The van der Waals surface area contributed by atoms with E-state index in [1.165, 1.54) is 0 Å². The number of hydrogen-bond donors (Lipinski definition) is 1. The number of hydrogen-bond acceptors (Lipinski definition) is 3. The zero-order chi connectivity index (χ0) is 10.4. The van der Waals surface area contributed by atoms with Crippen LogP contribution in [0, 0.1) is 0 Å². The van der Waals surface area contributed by atoms with E-state index in [9.17, 15) is 0 Å². The molecule has 0 bridgehead atoms. The Morgan fingerprint density at radius 2 is 2.07 bits per heavy atom. The molecular weight excluding hydrogens is 246 g/mol. The summed E-state index contributed by atoms with van der Waals surface area (Å²) in [5.74, 6) is 0.761. The normalized spacial score (nSPS) is 10.1. The van der Waals surface area contributed by atoms with Gasteiger partial charge in [-0.25, -0.2) is 0 Å². The summed E-state index contributed by atoms with van der Waals surface area (Å²) in [5.41, 5.74) is 6.33. The van der Waals surface area contributed by atoms with Crippen LogP contribution in [0.2, 0.25) is 0 Å². The molecule has 3 nitrogen and oxygen atoms in total. The predicted molar refractivity (Wildman–Crippen MR) is 60.5 cm³/mol. The van der Waals surface area contributed by atoms with E-state index < -0.39 is 0 Å². The lowest BCUT2D eigenvalue weighted by molar-refractivity contribution is 0.110. The average molecular weight is 260 g/mol. The molecule has 0 spiro atoms. The van der Waals surface area contributed by atoms with Crippen LogP contribution in [0.25, 0.3) is 0 Å². The van der Waals surface area contributed by atoms with E-state index in [-0.39, 0.29) is 0 Å². The summed E-state index contributed by atoms with van der Waals surface area (Å²) in [6.07, 6.45) is 0. The van der Waals surface area contributed by atoms with Crippen molar-refractivity contribution in [1.82, 2.24) is 0 Å². The van der Waals surface area contributed by atoms with Crippen LogP contribution in [0.15, 0.2) is 22.7 Å². The fourth-order valence-corrected chi connectivity index (χ4v) is 1.52. The summed E-state index contributed by atoms with van der Waals surface area (Å²) < 4.78 is 11.5. The molecule has 4 heteroatoms. The number of halogens is 1. The molecule has 0 unspecified atom stereocenters. The van der Waals surface area contributed by atoms with E-state index in [2.05, 4.69) is 15.9 Å². The Labute approximate surface area is 92.3 Å². The first kappa shape index (κ1) is 11.3. The topological polar surface area (TPSA) is 44.5 Å². The fourth-order valence-electron chi connectivity index (χ4n) is 1.03. The molecule has 1 rings (SSSR count). The summed E-state index contributed by atoms with van der Waals surface area (Å²) in [5, 5.41) is 0. The zero-order valence-corrected chi connectivity index (χ0v) is 9.71. The van der Waals surface area contributed by atoms with Gasteiger partial charge >= 0.3 is 0 Å². The summed E-state index contributed by atoms with van der Waals surface area (Å²) in [4.78, 5) is 0. The summed E-state index contributed by atoms with van der Waals surface area (Å²) in [7, 11) is 0. The Hall–Kier alpha value is -0.740. The highest BCUT2D eigenvalue weighted by atomic mass is 79.9. The van der Waals surface area contributed by atoms with Gasteiger partial charge in [0.05, 0.1) is 6.61 Å². The maximum atomic E-state index is 5.65. The van der Waals surface area contributed by atoms with Gasteiger partial charge < -0.3 is 15.2 Å². The SMILES string of the molecule is CCOCCOc1cc(N)cc(Br)c1. The molecule has 0 heterocycles. The first-order valence-corrected chi connectivity index (χ1v) is 5.28. The van der Waals surface area contributed by atoms with Gasteiger partial charge in [0, 0.05) is 22.8 Å². The smallest absolute Gasteiger partial charge is 0.122 e. The van der Waals surface area contributed by atoms with Gasteiger partial charge in [0.2, 0.25) is 0 Å². The molecular formula is C10H14BrNO2. The molecule has 0 amide bonds. The fraction of sp³-hybridized carbons (Fsp3) is 0.400. The number of nitrogens with two attached hydrogens (primary N) is 1. The number of ether oxygens (including phenoxy) is 2. The first-order valence-electron chi connectivity index (χ1n) is 4.49. The zero-order valence-electron chi connectivity index (χ0n) is 8.13. The summed E-state index contributed by atoms with van der Waals surface area (Å²) in [6, 6.07) is 5.49. The lowest BCUT2D eigenvalue weighted by Gasteiger charge is -2.07. The molecule has 78 valence electrons. The van der Waals surface area contributed by atoms with E-state index in [1.807, 2.05) is 19.1 Å². The quantitative estimate of drug-likeness (QED) is 0.653. The third-order valence-corrected chi connectivity index (χ3v) is 2.05. The monoisotopic (exact) mass is 259 g/mol. The number of rotatable bonds is 5. The molecule has 0 saturated carbocycles. The maximum absolute atomic E-state index is 5.65. The van der Waals surface area contributed by atoms with Crippen molar-refractivity contribution in [2.24, 2.45) is 0 Å². The predicted octanol–water partition coefficient (Wildman–Crippen LogP) is 2.45. The van der Waals surface area contributed by atoms with E-state index in [4.69, 9.17) is 15.2 Å². The molecule has 1 aromatic rings. The Bertz CT molecular complexity index is 271. The van der Waals surface area contributed by atoms with Crippen molar-refractivity contribution in [3.8, 4) is 5.75 Å². The van der Waals surface area contributed by atoms with Crippen molar-refractivity contribution in [1.29, 1.82) is 0 Å². The molecule has 0 aliphatic rings. The highest BCUT2D eigenvalue weighted by Crippen LogP contribution is 2.22. The molecule has 1 aromatic carbocycles. The van der Waals surface area contributed by atoms with Crippen LogP contribution < -0.4 is 10.5 Å². The molecule has 0 fully saturated rings. The second-order valence-electron chi connectivity index (χ2n) is 2.77. The highest BCUT2D eigenvalue weighted by Gasteiger charge is 1.97. The van der Waals surface area contributed by atoms with Gasteiger partial charge in [0.1, 0.15) is 12.4 Å². The van der Waals surface area contributed by atoms with Crippen molar-refractivity contribution >= 4 is 21.6 Å². The lowest BCUT2D eigenvalue weighted by Crippen LogP contribution is -2.06. The van der Waals surface area contributed by atoms with Gasteiger partial charge in [-0.2, -0.15) is 0 Å². The Balaban J connectivity index is 2.42. The van der Waals surface area contributed by atoms with Crippen LogP contribution in [0.1, 0.15) is 6.92 Å². The van der Waals surface area contributed by atoms with Crippen LogP contribution in [-0.4, -0.2) is 19.8 Å².